The predicted molar refractivity (Wildman–Crippen MR) is 126 cm³/mol. The Kier molecular flexibility index (Phi) is 6.53. The molecule has 0 unspecified atom stereocenters. The van der Waals surface area contributed by atoms with Crippen LogP contribution in [0.3, 0.4) is 0 Å². The van der Waals surface area contributed by atoms with Gasteiger partial charge in [-0.15, -0.1) is 0 Å². The van der Waals surface area contributed by atoms with Crippen LogP contribution in [0.4, 0.5) is 10.1 Å². The Bertz CT molecular complexity index is 1140. The lowest BCUT2D eigenvalue weighted by Gasteiger charge is -2.40. The van der Waals surface area contributed by atoms with E-state index < -0.39 is 6.04 Å². The monoisotopic (exact) mass is 455 g/mol. The Morgan fingerprint density at radius 1 is 1.03 bits per heavy atom. The number of hydrogen-bond donors (Lipinski definition) is 1. The molecule has 1 N–H and O–H groups in total. The van der Waals surface area contributed by atoms with Crippen molar-refractivity contribution < 1.29 is 9.50 Å². The van der Waals surface area contributed by atoms with E-state index in [1.54, 1.807) is 22.8 Å². The lowest BCUT2D eigenvalue weighted by molar-refractivity contribution is 0.207. The van der Waals surface area contributed by atoms with E-state index in [-0.39, 0.29) is 17.1 Å². The van der Waals surface area contributed by atoms with Gasteiger partial charge in [-0.1, -0.05) is 23.7 Å². The van der Waals surface area contributed by atoms with Gasteiger partial charge in [-0.05, 0) is 61.9 Å². The number of aromatic nitrogens is 1. The smallest absolute Gasteiger partial charge is 0.259 e. The number of benzene rings is 2. The maximum atomic E-state index is 13.4. The summed E-state index contributed by atoms with van der Waals surface area (Å²) in [6.45, 7) is 7.10. The molecule has 4 rings (SSSR count). The van der Waals surface area contributed by atoms with E-state index in [2.05, 4.69) is 9.80 Å². The first-order valence-electron chi connectivity index (χ1n) is 10.8. The van der Waals surface area contributed by atoms with Crippen molar-refractivity contribution >= 4 is 17.3 Å². The molecule has 1 atom stereocenters. The van der Waals surface area contributed by atoms with E-state index in [0.717, 1.165) is 30.0 Å². The highest BCUT2D eigenvalue weighted by molar-refractivity contribution is 6.30. The van der Waals surface area contributed by atoms with Gasteiger partial charge in [0.2, 0.25) is 0 Å². The zero-order chi connectivity index (χ0) is 22.8. The number of rotatable bonds is 5. The number of piperazine rings is 1. The Morgan fingerprint density at radius 3 is 2.25 bits per heavy atom. The van der Waals surface area contributed by atoms with Crippen molar-refractivity contribution in [2.24, 2.45) is 0 Å². The number of aromatic hydroxyl groups is 1. The van der Waals surface area contributed by atoms with Crippen molar-refractivity contribution in [1.82, 2.24) is 9.47 Å². The van der Waals surface area contributed by atoms with Crippen LogP contribution in [0.25, 0.3) is 0 Å². The van der Waals surface area contributed by atoms with E-state index in [9.17, 15) is 14.3 Å². The van der Waals surface area contributed by atoms with Crippen molar-refractivity contribution in [3.05, 3.63) is 92.6 Å². The molecule has 0 bridgehead atoms. The number of nitrogens with zero attached hydrogens (tertiary/aromatic N) is 3. The van der Waals surface area contributed by atoms with Crippen LogP contribution in [-0.2, 0) is 6.54 Å². The molecule has 5 nitrogen and oxygen atoms in total. The van der Waals surface area contributed by atoms with Crippen molar-refractivity contribution in [2.75, 3.05) is 31.1 Å². The first-order chi connectivity index (χ1) is 15.4. The molecule has 1 fully saturated rings. The van der Waals surface area contributed by atoms with E-state index in [4.69, 9.17) is 11.6 Å². The maximum absolute atomic E-state index is 13.4. The second-order valence-corrected chi connectivity index (χ2v) is 8.52. The van der Waals surface area contributed by atoms with Crippen LogP contribution in [-0.4, -0.2) is 40.8 Å². The Morgan fingerprint density at radius 2 is 1.66 bits per heavy atom. The SMILES string of the molecule is CCn1c(C)cc(O)c([C@@H](c2ccc(Cl)cc2)N2CCN(c3ccc(F)cc3)CC2)c1=O. The number of aryl methyl sites for hydroxylation is 1. The lowest BCUT2D eigenvalue weighted by Crippen LogP contribution is -2.49. The average Bonchev–Trinajstić information content (AvgIpc) is 2.78. The van der Waals surface area contributed by atoms with Gasteiger partial charge in [0.25, 0.3) is 5.56 Å². The van der Waals surface area contributed by atoms with Gasteiger partial charge in [0.05, 0.1) is 11.6 Å². The van der Waals surface area contributed by atoms with E-state index in [0.29, 0.717) is 30.2 Å². The van der Waals surface area contributed by atoms with Gasteiger partial charge >= 0.3 is 0 Å². The molecule has 0 amide bonds. The quantitative estimate of drug-likeness (QED) is 0.611. The summed E-state index contributed by atoms with van der Waals surface area (Å²) in [7, 11) is 0. The van der Waals surface area contributed by atoms with E-state index in [1.165, 1.54) is 12.1 Å². The first-order valence-corrected chi connectivity index (χ1v) is 11.2. The van der Waals surface area contributed by atoms with Crippen LogP contribution in [0.5, 0.6) is 5.75 Å². The molecule has 0 aliphatic carbocycles. The highest BCUT2D eigenvalue weighted by Gasteiger charge is 2.31. The van der Waals surface area contributed by atoms with Gasteiger partial charge in [-0.3, -0.25) is 9.69 Å². The molecular weight excluding hydrogens is 429 g/mol. The second-order valence-electron chi connectivity index (χ2n) is 8.09. The third-order valence-electron chi connectivity index (χ3n) is 6.17. The number of anilines is 1. The van der Waals surface area contributed by atoms with Crippen molar-refractivity contribution in [3.63, 3.8) is 0 Å². The van der Waals surface area contributed by atoms with Crippen LogP contribution in [0, 0.1) is 12.7 Å². The fourth-order valence-corrected chi connectivity index (χ4v) is 4.64. The molecule has 0 spiro atoms. The van der Waals surface area contributed by atoms with Crippen LogP contribution in [0.2, 0.25) is 5.02 Å². The van der Waals surface area contributed by atoms with E-state index >= 15 is 0 Å². The summed E-state index contributed by atoms with van der Waals surface area (Å²) in [5, 5.41) is 11.5. The van der Waals surface area contributed by atoms with Gasteiger partial charge in [-0.25, -0.2) is 4.39 Å². The second kappa shape index (κ2) is 9.35. The van der Waals surface area contributed by atoms with E-state index in [1.807, 2.05) is 38.1 Å². The van der Waals surface area contributed by atoms with Gasteiger partial charge < -0.3 is 14.6 Å². The summed E-state index contributed by atoms with van der Waals surface area (Å²) in [5.74, 6) is -0.240. The summed E-state index contributed by atoms with van der Waals surface area (Å²) in [5.41, 5.74) is 2.82. The highest BCUT2D eigenvalue weighted by Crippen LogP contribution is 2.34. The van der Waals surface area contributed by atoms with Crippen molar-refractivity contribution in [1.29, 1.82) is 0 Å². The zero-order valence-electron chi connectivity index (χ0n) is 18.3. The predicted octanol–water partition coefficient (Wildman–Crippen LogP) is 4.59. The maximum Gasteiger partial charge on any atom is 0.259 e. The number of halogens is 2. The largest absolute Gasteiger partial charge is 0.507 e. The molecular formula is C25H27ClFN3O2. The zero-order valence-corrected chi connectivity index (χ0v) is 19.0. The third-order valence-corrected chi connectivity index (χ3v) is 6.42. The van der Waals surface area contributed by atoms with Gasteiger partial charge in [-0.2, -0.15) is 0 Å². The topological polar surface area (TPSA) is 48.7 Å². The fourth-order valence-electron chi connectivity index (χ4n) is 4.51. The Balaban J connectivity index is 1.70. The molecule has 32 heavy (non-hydrogen) atoms. The van der Waals surface area contributed by atoms with Gasteiger partial charge in [0.1, 0.15) is 11.6 Å². The van der Waals surface area contributed by atoms with Crippen LogP contribution in [0.1, 0.15) is 29.8 Å². The third kappa shape index (κ3) is 4.38. The molecule has 2 aromatic carbocycles. The summed E-state index contributed by atoms with van der Waals surface area (Å²) in [4.78, 5) is 17.8. The Labute approximate surface area is 192 Å². The summed E-state index contributed by atoms with van der Waals surface area (Å²) in [6, 6.07) is 15.2. The number of hydrogen-bond acceptors (Lipinski definition) is 4. The number of pyridine rings is 1. The van der Waals surface area contributed by atoms with Crippen LogP contribution >= 0.6 is 11.6 Å². The Hall–Kier alpha value is -2.83. The first kappa shape index (κ1) is 22.4. The minimum atomic E-state index is -0.395. The van der Waals surface area contributed by atoms with Crippen LogP contribution in [0.15, 0.2) is 59.4 Å². The molecule has 1 aromatic heterocycles. The molecule has 7 heteroatoms. The normalized spacial score (nSPS) is 15.7. The fraction of sp³-hybridized carbons (Fsp3) is 0.320. The standard InChI is InChI=1S/C25H27ClFN3O2/c1-3-30-17(2)16-22(31)23(25(30)32)24(18-4-6-19(26)7-5-18)29-14-12-28(13-15-29)21-10-8-20(27)9-11-21/h4-11,16,24,31H,3,12-15H2,1-2H3/t24-/m1/s1. The average molecular weight is 456 g/mol. The minimum absolute atomic E-state index is 0.0121. The molecule has 2 heterocycles. The summed E-state index contributed by atoms with van der Waals surface area (Å²) >= 11 is 6.12. The lowest BCUT2D eigenvalue weighted by atomic mass is 9.96. The molecule has 3 aromatic rings. The molecule has 168 valence electrons. The molecule has 1 aliphatic rings. The minimum Gasteiger partial charge on any atom is -0.507 e. The van der Waals surface area contributed by atoms with Crippen molar-refractivity contribution in [2.45, 2.75) is 26.4 Å². The summed E-state index contributed by atoms with van der Waals surface area (Å²) < 4.78 is 15.0. The molecule has 1 aliphatic heterocycles. The van der Waals surface area contributed by atoms with Crippen molar-refractivity contribution in [3.8, 4) is 5.75 Å². The summed E-state index contributed by atoms with van der Waals surface area (Å²) in [6.07, 6.45) is 0. The molecule has 1 saturated heterocycles. The molecule has 0 saturated carbocycles. The van der Waals surface area contributed by atoms with Gasteiger partial charge in [0, 0.05) is 49.1 Å². The van der Waals surface area contributed by atoms with Gasteiger partial charge in [0.15, 0.2) is 0 Å². The molecule has 0 radical (unpaired) electrons. The van der Waals surface area contributed by atoms with Crippen LogP contribution < -0.4 is 10.5 Å². The highest BCUT2D eigenvalue weighted by atomic mass is 35.5.